The first-order valence-corrected chi connectivity index (χ1v) is 6.42. The second kappa shape index (κ2) is 4.04. The molecule has 1 aliphatic carbocycles. The first-order valence-electron chi connectivity index (χ1n) is 6.42. The zero-order valence-corrected chi connectivity index (χ0v) is 9.36. The summed E-state index contributed by atoms with van der Waals surface area (Å²) in [5.41, 5.74) is 0. The van der Waals surface area contributed by atoms with Crippen LogP contribution < -0.4 is 5.32 Å². The van der Waals surface area contributed by atoms with Crippen molar-refractivity contribution in [2.45, 2.75) is 12.8 Å². The van der Waals surface area contributed by atoms with Gasteiger partial charge in [-0.25, -0.2) is 0 Å². The maximum atomic E-state index is 9.08. The Labute approximate surface area is 91.8 Å². The van der Waals surface area contributed by atoms with Crippen LogP contribution in [0.1, 0.15) is 12.8 Å². The summed E-state index contributed by atoms with van der Waals surface area (Å²) in [6.07, 6.45) is 2.41. The Kier molecular flexibility index (Phi) is 2.71. The van der Waals surface area contributed by atoms with Crippen LogP contribution in [0.2, 0.25) is 0 Å². The molecule has 86 valence electrons. The highest BCUT2D eigenvalue weighted by molar-refractivity contribution is 5.04. The standard InChI is InChI=1S/C12H22N2O/c15-8-9-1-3-14(4-2-9)7-12-10-5-13-6-11(10)12/h9-13,15H,1-8H2. The molecule has 15 heavy (non-hydrogen) atoms. The lowest BCUT2D eigenvalue weighted by Crippen LogP contribution is -2.37. The van der Waals surface area contributed by atoms with Crippen molar-refractivity contribution in [3.63, 3.8) is 0 Å². The number of aliphatic hydroxyl groups excluding tert-OH is 1. The molecule has 2 saturated heterocycles. The topological polar surface area (TPSA) is 35.5 Å². The van der Waals surface area contributed by atoms with Gasteiger partial charge < -0.3 is 15.3 Å². The van der Waals surface area contributed by atoms with E-state index in [0.29, 0.717) is 12.5 Å². The predicted molar refractivity (Wildman–Crippen MR) is 59.6 cm³/mol. The van der Waals surface area contributed by atoms with Crippen LogP contribution in [-0.4, -0.2) is 49.3 Å². The third-order valence-corrected chi connectivity index (χ3v) is 4.70. The average Bonchev–Trinajstić information content (AvgIpc) is 2.75. The van der Waals surface area contributed by atoms with Crippen molar-refractivity contribution in [2.24, 2.45) is 23.7 Å². The fourth-order valence-electron chi connectivity index (χ4n) is 3.47. The summed E-state index contributed by atoms with van der Waals surface area (Å²) < 4.78 is 0. The Bertz CT molecular complexity index is 216. The molecule has 0 aromatic rings. The number of hydrogen-bond acceptors (Lipinski definition) is 3. The third kappa shape index (κ3) is 1.93. The van der Waals surface area contributed by atoms with Crippen LogP contribution in [0.25, 0.3) is 0 Å². The minimum absolute atomic E-state index is 0.395. The Morgan fingerprint density at radius 3 is 2.40 bits per heavy atom. The largest absolute Gasteiger partial charge is 0.396 e. The molecule has 0 aromatic heterocycles. The van der Waals surface area contributed by atoms with Gasteiger partial charge in [0.05, 0.1) is 0 Å². The second-order valence-electron chi connectivity index (χ2n) is 5.58. The van der Waals surface area contributed by atoms with Crippen molar-refractivity contribution < 1.29 is 5.11 Å². The van der Waals surface area contributed by atoms with Crippen molar-refractivity contribution in [3.05, 3.63) is 0 Å². The zero-order chi connectivity index (χ0) is 10.3. The number of fused-ring (bicyclic) bond motifs is 1. The number of nitrogens with one attached hydrogen (secondary N) is 1. The molecule has 2 aliphatic heterocycles. The number of aliphatic hydroxyl groups is 1. The highest BCUT2D eigenvalue weighted by atomic mass is 16.3. The van der Waals surface area contributed by atoms with Gasteiger partial charge in [0, 0.05) is 13.2 Å². The Morgan fingerprint density at radius 2 is 1.80 bits per heavy atom. The van der Waals surface area contributed by atoms with E-state index in [2.05, 4.69) is 10.2 Å². The van der Waals surface area contributed by atoms with Crippen LogP contribution >= 0.6 is 0 Å². The molecular formula is C12H22N2O. The summed E-state index contributed by atoms with van der Waals surface area (Å²) in [6.45, 7) is 6.69. The minimum Gasteiger partial charge on any atom is -0.396 e. The molecule has 3 fully saturated rings. The molecule has 2 unspecified atom stereocenters. The summed E-state index contributed by atoms with van der Waals surface area (Å²) >= 11 is 0. The Balaban J connectivity index is 1.42. The van der Waals surface area contributed by atoms with Crippen LogP contribution in [0, 0.1) is 23.7 Å². The van der Waals surface area contributed by atoms with Crippen molar-refractivity contribution >= 4 is 0 Å². The van der Waals surface area contributed by atoms with Crippen LogP contribution in [0.4, 0.5) is 0 Å². The van der Waals surface area contributed by atoms with E-state index >= 15 is 0 Å². The zero-order valence-electron chi connectivity index (χ0n) is 9.36. The maximum absolute atomic E-state index is 9.08. The molecule has 3 heteroatoms. The van der Waals surface area contributed by atoms with Gasteiger partial charge in [-0.05, 0) is 62.7 Å². The highest BCUT2D eigenvalue weighted by Crippen LogP contribution is 2.49. The van der Waals surface area contributed by atoms with Gasteiger partial charge in [0.1, 0.15) is 0 Å². The molecule has 2 heterocycles. The van der Waals surface area contributed by atoms with E-state index in [1.165, 1.54) is 45.6 Å². The predicted octanol–water partition coefficient (Wildman–Crippen LogP) is 0.156. The molecule has 2 atom stereocenters. The number of likely N-dealkylation sites (tertiary alicyclic amines) is 1. The van der Waals surface area contributed by atoms with E-state index in [1.54, 1.807) is 0 Å². The Hall–Kier alpha value is -0.120. The van der Waals surface area contributed by atoms with E-state index in [1.807, 2.05) is 0 Å². The van der Waals surface area contributed by atoms with Gasteiger partial charge in [0.2, 0.25) is 0 Å². The smallest absolute Gasteiger partial charge is 0.0460 e. The number of hydrogen-bond donors (Lipinski definition) is 2. The molecular weight excluding hydrogens is 188 g/mol. The summed E-state index contributed by atoms with van der Waals surface area (Å²) in [5.74, 6) is 3.58. The van der Waals surface area contributed by atoms with E-state index < -0.39 is 0 Å². The average molecular weight is 210 g/mol. The number of nitrogens with zero attached hydrogens (tertiary/aromatic N) is 1. The first-order chi connectivity index (χ1) is 7.38. The molecule has 3 rings (SSSR count). The third-order valence-electron chi connectivity index (χ3n) is 4.70. The second-order valence-corrected chi connectivity index (χ2v) is 5.58. The summed E-state index contributed by atoms with van der Waals surface area (Å²) in [4.78, 5) is 2.62. The summed E-state index contributed by atoms with van der Waals surface area (Å²) in [6, 6.07) is 0. The van der Waals surface area contributed by atoms with Crippen LogP contribution in [0.15, 0.2) is 0 Å². The van der Waals surface area contributed by atoms with Gasteiger partial charge in [0.15, 0.2) is 0 Å². The Morgan fingerprint density at radius 1 is 1.13 bits per heavy atom. The normalized spacial score (nSPS) is 41.8. The fourth-order valence-corrected chi connectivity index (χ4v) is 3.47. The number of rotatable bonds is 3. The van der Waals surface area contributed by atoms with Gasteiger partial charge in [-0.2, -0.15) is 0 Å². The summed E-state index contributed by atoms with van der Waals surface area (Å²) in [7, 11) is 0. The van der Waals surface area contributed by atoms with Crippen molar-refractivity contribution in [1.82, 2.24) is 10.2 Å². The molecule has 0 aromatic carbocycles. The molecule has 3 nitrogen and oxygen atoms in total. The monoisotopic (exact) mass is 210 g/mol. The lowest BCUT2D eigenvalue weighted by atomic mass is 9.97. The van der Waals surface area contributed by atoms with Crippen molar-refractivity contribution in [3.8, 4) is 0 Å². The van der Waals surface area contributed by atoms with E-state index in [9.17, 15) is 0 Å². The van der Waals surface area contributed by atoms with Crippen molar-refractivity contribution in [1.29, 1.82) is 0 Å². The van der Waals surface area contributed by atoms with Crippen molar-refractivity contribution in [2.75, 3.05) is 39.3 Å². The first kappa shape index (κ1) is 10.1. The van der Waals surface area contributed by atoms with Gasteiger partial charge in [-0.3, -0.25) is 0 Å². The van der Waals surface area contributed by atoms with Crippen LogP contribution in [-0.2, 0) is 0 Å². The molecule has 0 amide bonds. The SMILES string of the molecule is OCC1CCN(CC2C3CNCC32)CC1. The molecule has 0 spiro atoms. The lowest BCUT2D eigenvalue weighted by Gasteiger charge is -2.31. The molecule has 0 bridgehead atoms. The number of piperidine rings is 2. The minimum atomic E-state index is 0.395. The maximum Gasteiger partial charge on any atom is 0.0460 e. The van der Waals surface area contributed by atoms with Gasteiger partial charge in [-0.1, -0.05) is 0 Å². The van der Waals surface area contributed by atoms with Crippen LogP contribution in [0.5, 0.6) is 0 Å². The quantitative estimate of drug-likeness (QED) is 0.696. The van der Waals surface area contributed by atoms with Crippen LogP contribution in [0.3, 0.4) is 0 Å². The highest BCUT2D eigenvalue weighted by Gasteiger charge is 2.52. The fraction of sp³-hybridized carbons (Fsp3) is 1.00. The molecule has 1 saturated carbocycles. The molecule has 2 N–H and O–H groups in total. The van der Waals surface area contributed by atoms with Gasteiger partial charge >= 0.3 is 0 Å². The van der Waals surface area contributed by atoms with E-state index in [-0.39, 0.29) is 0 Å². The molecule has 0 radical (unpaired) electrons. The van der Waals surface area contributed by atoms with Gasteiger partial charge in [0.25, 0.3) is 0 Å². The van der Waals surface area contributed by atoms with E-state index in [4.69, 9.17) is 5.11 Å². The molecule has 3 aliphatic rings. The lowest BCUT2D eigenvalue weighted by molar-refractivity contribution is 0.126. The van der Waals surface area contributed by atoms with Gasteiger partial charge in [-0.15, -0.1) is 0 Å². The summed E-state index contributed by atoms with van der Waals surface area (Å²) in [5, 5.41) is 12.5. The van der Waals surface area contributed by atoms with E-state index in [0.717, 1.165) is 17.8 Å².